The molecule has 0 radical (unpaired) electrons. The highest BCUT2D eigenvalue weighted by molar-refractivity contribution is 7.90. The zero-order chi connectivity index (χ0) is 20.0. The molecular formula is C20H15N3O4S. The molecule has 0 unspecified atom stereocenters. The van der Waals surface area contributed by atoms with Gasteiger partial charge in [0.2, 0.25) is 0 Å². The minimum atomic E-state index is -4.05. The maximum absolute atomic E-state index is 12.6. The van der Waals surface area contributed by atoms with Gasteiger partial charge in [0.05, 0.1) is 10.6 Å². The molecule has 0 aliphatic heterocycles. The first-order valence-electron chi connectivity index (χ1n) is 8.20. The Morgan fingerprint density at radius 3 is 2.25 bits per heavy atom. The van der Waals surface area contributed by atoms with Crippen molar-refractivity contribution in [1.29, 1.82) is 0 Å². The van der Waals surface area contributed by atoms with E-state index in [0.717, 1.165) is 5.56 Å². The SMILES string of the molecule is O=[N+]([O-])c1ccc(C(/C=C/c2ccccc2)=N\S(=O)(=O)c2ccccn2)cc1. The van der Waals surface area contributed by atoms with Crippen LogP contribution in [-0.4, -0.2) is 24.0 Å². The molecule has 0 atom stereocenters. The van der Waals surface area contributed by atoms with Crippen LogP contribution in [-0.2, 0) is 10.0 Å². The Bertz CT molecular complexity index is 1130. The fourth-order valence-electron chi connectivity index (χ4n) is 2.35. The third kappa shape index (κ3) is 4.74. The highest BCUT2D eigenvalue weighted by atomic mass is 32.2. The molecule has 0 aliphatic rings. The van der Waals surface area contributed by atoms with Crippen LogP contribution >= 0.6 is 0 Å². The third-order valence-corrected chi connectivity index (χ3v) is 4.93. The van der Waals surface area contributed by atoms with E-state index in [2.05, 4.69) is 9.38 Å². The van der Waals surface area contributed by atoms with Gasteiger partial charge >= 0.3 is 0 Å². The molecule has 0 saturated heterocycles. The molecule has 1 heterocycles. The van der Waals surface area contributed by atoms with Gasteiger partial charge in [0, 0.05) is 23.9 Å². The molecule has 0 bridgehead atoms. The number of hydrogen-bond acceptors (Lipinski definition) is 5. The lowest BCUT2D eigenvalue weighted by molar-refractivity contribution is -0.384. The lowest BCUT2D eigenvalue weighted by atomic mass is 10.1. The summed E-state index contributed by atoms with van der Waals surface area (Å²) in [5.74, 6) is 0. The maximum atomic E-state index is 12.6. The van der Waals surface area contributed by atoms with E-state index < -0.39 is 14.9 Å². The lowest BCUT2D eigenvalue weighted by Gasteiger charge is -2.04. The summed E-state index contributed by atoms with van der Waals surface area (Å²) in [6.07, 6.45) is 4.64. The molecule has 28 heavy (non-hydrogen) atoms. The number of pyridine rings is 1. The minimum Gasteiger partial charge on any atom is -0.258 e. The molecule has 0 amide bonds. The van der Waals surface area contributed by atoms with Crippen LogP contribution in [0.15, 0.2) is 94.5 Å². The average Bonchev–Trinajstić information content (AvgIpc) is 2.72. The Morgan fingerprint density at radius 2 is 1.64 bits per heavy atom. The molecule has 8 heteroatoms. The first kappa shape index (κ1) is 19.1. The van der Waals surface area contributed by atoms with Gasteiger partial charge in [-0.2, -0.15) is 12.8 Å². The summed E-state index contributed by atoms with van der Waals surface area (Å²) in [7, 11) is -4.05. The summed E-state index contributed by atoms with van der Waals surface area (Å²) in [5.41, 5.74) is 1.33. The van der Waals surface area contributed by atoms with E-state index in [9.17, 15) is 18.5 Å². The predicted molar refractivity (Wildman–Crippen MR) is 107 cm³/mol. The normalized spacial score (nSPS) is 12.2. The van der Waals surface area contributed by atoms with Crippen molar-refractivity contribution in [1.82, 2.24) is 4.98 Å². The number of nitro groups is 1. The lowest BCUT2D eigenvalue weighted by Crippen LogP contribution is -2.06. The number of hydrogen-bond donors (Lipinski definition) is 0. The molecule has 7 nitrogen and oxygen atoms in total. The number of sulfonamides is 1. The van der Waals surface area contributed by atoms with Gasteiger partial charge < -0.3 is 0 Å². The molecule has 1 aromatic heterocycles. The van der Waals surface area contributed by atoms with Crippen molar-refractivity contribution in [2.75, 3.05) is 0 Å². The summed E-state index contributed by atoms with van der Waals surface area (Å²) in [6, 6.07) is 19.3. The van der Waals surface area contributed by atoms with Crippen molar-refractivity contribution in [3.63, 3.8) is 0 Å². The fraction of sp³-hybridized carbons (Fsp3) is 0. The molecule has 0 fully saturated rings. The van der Waals surface area contributed by atoms with Gasteiger partial charge in [-0.1, -0.05) is 42.5 Å². The van der Waals surface area contributed by atoms with E-state index in [1.165, 1.54) is 36.5 Å². The minimum absolute atomic E-state index is 0.0947. The van der Waals surface area contributed by atoms with Crippen molar-refractivity contribution in [3.05, 3.63) is 106 Å². The number of non-ortho nitro benzene ring substituents is 1. The molecule has 2 aromatic carbocycles. The number of nitrogens with zero attached hydrogens (tertiary/aromatic N) is 3. The van der Waals surface area contributed by atoms with Crippen molar-refractivity contribution in [2.45, 2.75) is 5.03 Å². The number of rotatable bonds is 6. The second-order valence-electron chi connectivity index (χ2n) is 5.67. The average molecular weight is 393 g/mol. The highest BCUT2D eigenvalue weighted by Gasteiger charge is 2.16. The van der Waals surface area contributed by atoms with E-state index >= 15 is 0 Å². The summed E-state index contributed by atoms with van der Waals surface area (Å²) in [6.45, 7) is 0. The standard InChI is InChI=1S/C20H15N3O4S/c24-23(25)18-12-10-17(11-13-18)19(14-9-16-6-2-1-3-7-16)22-28(26,27)20-8-4-5-15-21-20/h1-15H/b14-9+,22-19-. The quantitative estimate of drug-likeness (QED) is 0.359. The summed E-state index contributed by atoms with van der Waals surface area (Å²) >= 11 is 0. The second kappa shape index (κ2) is 8.36. The smallest absolute Gasteiger partial charge is 0.258 e. The Labute approximate surface area is 161 Å². The monoisotopic (exact) mass is 393 g/mol. The highest BCUT2D eigenvalue weighted by Crippen LogP contribution is 2.17. The van der Waals surface area contributed by atoms with Crippen LogP contribution in [0.25, 0.3) is 6.08 Å². The first-order valence-corrected chi connectivity index (χ1v) is 9.64. The Balaban J connectivity index is 2.06. The third-order valence-electron chi connectivity index (χ3n) is 3.73. The van der Waals surface area contributed by atoms with E-state index in [1.54, 1.807) is 24.3 Å². The summed E-state index contributed by atoms with van der Waals surface area (Å²) in [4.78, 5) is 14.2. The Kier molecular flexibility index (Phi) is 5.71. The second-order valence-corrected chi connectivity index (χ2v) is 7.22. The maximum Gasteiger partial charge on any atom is 0.300 e. The van der Waals surface area contributed by atoms with Crippen molar-refractivity contribution < 1.29 is 13.3 Å². The molecule has 3 rings (SSSR count). The van der Waals surface area contributed by atoms with Gasteiger partial charge in [0.15, 0.2) is 5.03 Å². The van der Waals surface area contributed by atoms with E-state index in [0.29, 0.717) is 5.56 Å². The van der Waals surface area contributed by atoms with Gasteiger partial charge in [-0.3, -0.25) is 10.1 Å². The van der Waals surface area contributed by atoms with Gasteiger partial charge in [0.1, 0.15) is 0 Å². The van der Waals surface area contributed by atoms with Crippen LogP contribution in [0.4, 0.5) is 5.69 Å². The predicted octanol–water partition coefficient (Wildman–Crippen LogP) is 3.88. The van der Waals surface area contributed by atoms with E-state index in [1.807, 2.05) is 30.3 Å². The zero-order valence-corrected chi connectivity index (χ0v) is 15.4. The molecule has 140 valence electrons. The van der Waals surface area contributed by atoms with E-state index in [4.69, 9.17) is 0 Å². The molecule has 0 saturated carbocycles. The molecule has 0 N–H and O–H groups in total. The van der Waals surface area contributed by atoms with Gasteiger partial charge in [0.25, 0.3) is 15.7 Å². The molecule has 0 aliphatic carbocycles. The Morgan fingerprint density at radius 1 is 0.964 bits per heavy atom. The summed E-state index contributed by atoms with van der Waals surface area (Å²) in [5, 5.41) is 10.7. The van der Waals surface area contributed by atoms with Gasteiger partial charge in [-0.05, 0) is 35.9 Å². The van der Waals surface area contributed by atoms with Crippen LogP contribution in [0.1, 0.15) is 11.1 Å². The largest absolute Gasteiger partial charge is 0.300 e. The van der Waals surface area contributed by atoms with Gasteiger partial charge in [-0.15, -0.1) is 0 Å². The first-order chi connectivity index (χ1) is 13.5. The fourth-order valence-corrected chi connectivity index (χ4v) is 3.31. The molecular weight excluding hydrogens is 378 g/mol. The molecule has 0 spiro atoms. The zero-order valence-electron chi connectivity index (χ0n) is 14.5. The van der Waals surface area contributed by atoms with Crippen molar-refractivity contribution in [3.8, 4) is 0 Å². The van der Waals surface area contributed by atoms with Crippen molar-refractivity contribution >= 4 is 27.5 Å². The number of allylic oxidation sites excluding steroid dienone is 1. The molecule has 3 aromatic rings. The Hall–Kier alpha value is -3.65. The number of aromatic nitrogens is 1. The summed E-state index contributed by atoms with van der Waals surface area (Å²) < 4.78 is 29.1. The van der Waals surface area contributed by atoms with Crippen molar-refractivity contribution in [2.24, 2.45) is 4.40 Å². The van der Waals surface area contributed by atoms with Crippen LogP contribution in [0.3, 0.4) is 0 Å². The van der Waals surface area contributed by atoms with Crippen LogP contribution in [0.2, 0.25) is 0 Å². The topological polar surface area (TPSA) is 103 Å². The van der Waals surface area contributed by atoms with Crippen LogP contribution in [0.5, 0.6) is 0 Å². The van der Waals surface area contributed by atoms with Crippen LogP contribution in [0, 0.1) is 10.1 Å². The van der Waals surface area contributed by atoms with Gasteiger partial charge in [-0.25, -0.2) is 4.98 Å². The number of benzene rings is 2. The van der Waals surface area contributed by atoms with E-state index in [-0.39, 0.29) is 16.4 Å². The number of nitro benzene ring substituents is 1. The van der Waals surface area contributed by atoms with Crippen LogP contribution < -0.4 is 0 Å².